The average Bonchev–Trinajstić information content (AvgIpc) is 2.65. The van der Waals surface area contributed by atoms with Gasteiger partial charge in [0.1, 0.15) is 5.69 Å². The van der Waals surface area contributed by atoms with Gasteiger partial charge in [-0.3, -0.25) is 19.8 Å². The van der Waals surface area contributed by atoms with Gasteiger partial charge in [-0.1, -0.05) is 29.3 Å². The molecule has 0 bridgehead atoms. The summed E-state index contributed by atoms with van der Waals surface area (Å²) in [7, 11) is 0. The molecule has 2 aromatic rings. The minimum Gasteiger partial charge on any atom is -0.363 e. The second-order valence-corrected chi connectivity index (χ2v) is 7.53. The molecule has 9 heteroatoms. The number of hydrogen-bond acceptors (Lipinski definition) is 5. The quantitative estimate of drug-likeness (QED) is 0.582. The molecule has 0 saturated carbocycles. The Hall–Kier alpha value is -2.35. The Morgan fingerprint density at radius 1 is 1.14 bits per heavy atom. The van der Waals surface area contributed by atoms with Gasteiger partial charge in [-0.25, -0.2) is 0 Å². The predicted molar refractivity (Wildman–Crippen MR) is 112 cm³/mol. The first-order chi connectivity index (χ1) is 13.3. The topological polar surface area (TPSA) is 78.7 Å². The molecule has 1 amide bonds. The molecule has 0 atom stereocenters. The highest BCUT2D eigenvalue weighted by Crippen LogP contribution is 2.31. The summed E-state index contributed by atoms with van der Waals surface area (Å²) in [6.07, 6.45) is 0. The van der Waals surface area contributed by atoms with Crippen molar-refractivity contribution in [3.8, 4) is 0 Å². The third-order valence-electron chi connectivity index (χ3n) is 4.61. The summed E-state index contributed by atoms with van der Waals surface area (Å²) < 4.78 is 0. The van der Waals surface area contributed by atoms with E-state index in [0.717, 1.165) is 5.56 Å². The van der Waals surface area contributed by atoms with Crippen LogP contribution in [0.1, 0.15) is 5.56 Å². The zero-order valence-electron chi connectivity index (χ0n) is 15.3. The highest BCUT2D eigenvalue weighted by molar-refractivity contribution is 6.33. The van der Waals surface area contributed by atoms with Crippen molar-refractivity contribution in [1.82, 2.24) is 4.90 Å². The molecular weight excluding hydrogens is 403 g/mol. The number of nitro benzene ring substituents is 1. The van der Waals surface area contributed by atoms with Crippen LogP contribution in [0, 0.1) is 17.0 Å². The van der Waals surface area contributed by atoms with E-state index in [4.69, 9.17) is 23.2 Å². The van der Waals surface area contributed by atoms with Crippen molar-refractivity contribution in [2.75, 3.05) is 42.9 Å². The van der Waals surface area contributed by atoms with Crippen LogP contribution in [-0.4, -0.2) is 48.5 Å². The van der Waals surface area contributed by atoms with Gasteiger partial charge in [0.15, 0.2) is 0 Å². The van der Waals surface area contributed by atoms with Gasteiger partial charge in [0, 0.05) is 37.3 Å². The molecule has 1 aliphatic rings. The smallest absolute Gasteiger partial charge is 0.294 e. The Bertz CT molecular complexity index is 899. The van der Waals surface area contributed by atoms with E-state index in [1.165, 1.54) is 6.07 Å². The molecule has 1 saturated heterocycles. The Morgan fingerprint density at radius 2 is 1.86 bits per heavy atom. The molecule has 1 heterocycles. The molecule has 0 aliphatic carbocycles. The standard InChI is InChI=1S/C19H20Cl2N4O3/c1-13-2-4-16(15(21)10-13)22-19(26)12-23-6-8-24(9-7-23)17-5-3-14(20)11-18(17)25(27)28/h2-5,10-11H,6-9,12H2,1H3,(H,22,26). The summed E-state index contributed by atoms with van der Waals surface area (Å²) >= 11 is 12.0. The maximum absolute atomic E-state index is 12.3. The summed E-state index contributed by atoms with van der Waals surface area (Å²) in [5, 5.41) is 15.0. The van der Waals surface area contributed by atoms with Crippen LogP contribution in [0.5, 0.6) is 0 Å². The van der Waals surface area contributed by atoms with Crippen molar-refractivity contribution >= 4 is 46.2 Å². The first kappa shape index (κ1) is 20.4. The van der Waals surface area contributed by atoms with Crippen molar-refractivity contribution < 1.29 is 9.72 Å². The minimum atomic E-state index is -0.424. The number of hydrogen-bond donors (Lipinski definition) is 1. The number of nitrogens with one attached hydrogen (secondary N) is 1. The van der Waals surface area contributed by atoms with E-state index in [9.17, 15) is 14.9 Å². The zero-order chi connectivity index (χ0) is 20.3. The van der Waals surface area contributed by atoms with Crippen molar-refractivity contribution in [3.63, 3.8) is 0 Å². The van der Waals surface area contributed by atoms with E-state index < -0.39 is 4.92 Å². The predicted octanol–water partition coefficient (Wildman–Crippen LogP) is 3.97. The second-order valence-electron chi connectivity index (χ2n) is 6.68. The molecular formula is C19H20Cl2N4O3. The largest absolute Gasteiger partial charge is 0.363 e. The molecule has 3 rings (SSSR count). The van der Waals surface area contributed by atoms with E-state index in [-0.39, 0.29) is 18.1 Å². The lowest BCUT2D eigenvalue weighted by atomic mass is 10.2. The Balaban J connectivity index is 1.57. The van der Waals surface area contributed by atoms with Crippen LogP contribution in [0.3, 0.4) is 0 Å². The highest BCUT2D eigenvalue weighted by atomic mass is 35.5. The molecule has 0 aromatic heterocycles. The van der Waals surface area contributed by atoms with Gasteiger partial charge in [-0.05, 0) is 36.8 Å². The lowest BCUT2D eigenvalue weighted by Gasteiger charge is -2.35. The number of benzene rings is 2. The first-order valence-corrected chi connectivity index (χ1v) is 9.56. The number of carbonyl (C=O) groups is 1. The van der Waals surface area contributed by atoms with E-state index in [2.05, 4.69) is 5.32 Å². The number of nitro groups is 1. The van der Waals surface area contributed by atoms with Gasteiger partial charge >= 0.3 is 0 Å². The molecule has 148 valence electrons. The zero-order valence-corrected chi connectivity index (χ0v) is 16.8. The number of halogens is 2. The number of nitrogens with zero attached hydrogens (tertiary/aromatic N) is 3. The Kier molecular flexibility index (Phi) is 6.39. The third kappa shape index (κ3) is 4.92. The van der Waals surface area contributed by atoms with Crippen LogP contribution in [0.2, 0.25) is 10.0 Å². The third-order valence-corrected chi connectivity index (χ3v) is 5.16. The summed E-state index contributed by atoms with van der Waals surface area (Å²) in [6.45, 7) is 4.58. The summed E-state index contributed by atoms with van der Waals surface area (Å²) in [6, 6.07) is 10.2. The Morgan fingerprint density at radius 3 is 2.50 bits per heavy atom. The van der Waals surface area contributed by atoms with Crippen LogP contribution < -0.4 is 10.2 Å². The van der Waals surface area contributed by atoms with Crippen LogP contribution in [0.4, 0.5) is 17.1 Å². The monoisotopic (exact) mass is 422 g/mol. The fourth-order valence-corrected chi connectivity index (χ4v) is 3.62. The normalized spacial score (nSPS) is 14.8. The molecule has 0 unspecified atom stereocenters. The fourth-order valence-electron chi connectivity index (χ4n) is 3.17. The summed E-state index contributed by atoms with van der Waals surface area (Å²) in [5.74, 6) is -0.142. The number of piperazine rings is 1. The van der Waals surface area contributed by atoms with Crippen LogP contribution in [-0.2, 0) is 4.79 Å². The van der Waals surface area contributed by atoms with Gasteiger partial charge in [-0.2, -0.15) is 0 Å². The number of carbonyl (C=O) groups excluding carboxylic acids is 1. The van der Waals surface area contributed by atoms with Crippen molar-refractivity contribution in [3.05, 3.63) is 62.1 Å². The lowest BCUT2D eigenvalue weighted by molar-refractivity contribution is -0.384. The molecule has 0 spiro atoms. The second kappa shape index (κ2) is 8.77. The molecule has 1 N–H and O–H groups in total. The van der Waals surface area contributed by atoms with Gasteiger partial charge in [0.25, 0.3) is 5.69 Å². The van der Waals surface area contributed by atoms with Crippen molar-refractivity contribution in [1.29, 1.82) is 0 Å². The summed E-state index contributed by atoms with van der Waals surface area (Å²) in [5.41, 5.74) is 2.15. The maximum Gasteiger partial charge on any atom is 0.294 e. The van der Waals surface area contributed by atoms with E-state index in [0.29, 0.717) is 47.6 Å². The van der Waals surface area contributed by atoms with Crippen molar-refractivity contribution in [2.45, 2.75) is 6.92 Å². The number of amides is 1. The lowest BCUT2D eigenvalue weighted by Crippen LogP contribution is -2.48. The first-order valence-electron chi connectivity index (χ1n) is 8.81. The van der Waals surface area contributed by atoms with Gasteiger partial charge in [0.05, 0.1) is 22.2 Å². The van der Waals surface area contributed by atoms with Gasteiger partial charge < -0.3 is 10.2 Å². The molecule has 7 nitrogen and oxygen atoms in total. The van der Waals surface area contributed by atoms with E-state index in [1.807, 2.05) is 22.8 Å². The Labute approximate surface area is 173 Å². The fraction of sp³-hybridized carbons (Fsp3) is 0.316. The van der Waals surface area contributed by atoms with Gasteiger partial charge in [0.2, 0.25) is 5.91 Å². The number of anilines is 2. The van der Waals surface area contributed by atoms with E-state index >= 15 is 0 Å². The summed E-state index contributed by atoms with van der Waals surface area (Å²) in [4.78, 5) is 27.1. The molecule has 1 fully saturated rings. The molecule has 28 heavy (non-hydrogen) atoms. The molecule has 1 aliphatic heterocycles. The van der Waals surface area contributed by atoms with Crippen molar-refractivity contribution in [2.24, 2.45) is 0 Å². The maximum atomic E-state index is 12.3. The number of aryl methyl sites for hydroxylation is 1. The van der Waals surface area contributed by atoms with Gasteiger partial charge in [-0.15, -0.1) is 0 Å². The average molecular weight is 423 g/mol. The number of rotatable bonds is 5. The molecule has 2 aromatic carbocycles. The highest BCUT2D eigenvalue weighted by Gasteiger charge is 2.25. The SMILES string of the molecule is Cc1ccc(NC(=O)CN2CCN(c3ccc(Cl)cc3[N+](=O)[O-])CC2)c(Cl)c1. The van der Waals surface area contributed by atoms with E-state index in [1.54, 1.807) is 24.3 Å². The van der Waals surface area contributed by atoms with Crippen LogP contribution >= 0.6 is 23.2 Å². The van der Waals surface area contributed by atoms with Crippen LogP contribution in [0.15, 0.2) is 36.4 Å². The van der Waals surface area contributed by atoms with Crippen LogP contribution in [0.25, 0.3) is 0 Å². The molecule has 0 radical (unpaired) electrons. The minimum absolute atomic E-state index is 0.00675.